The predicted molar refractivity (Wildman–Crippen MR) is 82.1 cm³/mol. The summed E-state index contributed by atoms with van der Waals surface area (Å²) in [6.45, 7) is 5.10. The minimum absolute atomic E-state index is 0.413. The molecule has 0 aromatic heterocycles. The lowest BCUT2D eigenvalue weighted by molar-refractivity contribution is -0.129. The summed E-state index contributed by atoms with van der Waals surface area (Å²) in [6.07, 6.45) is 0.959. The summed E-state index contributed by atoms with van der Waals surface area (Å²) >= 11 is 12.3. The van der Waals surface area contributed by atoms with Gasteiger partial charge in [0.05, 0.1) is 0 Å². The summed E-state index contributed by atoms with van der Waals surface area (Å²) in [5.41, 5.74) is 5.42. The quantitative estimate of drug-likeness (QED) is 0.896. The van der Waals surface area contributed by atoms with Gasteiger partial charge in [0.2, 0.25) is 5.91 Å². The monoisotopic (exact) mass is 315 g/mol. The van der Waals surface area contributed by atoms with Crippen LogP contribution in [0.25, 0.3) is 0 Å². The van der Waals surface area contributed by atoms with Crippen molar-refractivity contribution < 1.29 is 4.79 Å². The predicted octanol–water partition coefficient (Wildman–Crippen LogP) is 1.99. The molecule has 4 nitrogen and oxygen atoms in total. The summed E-state index contributed by atoms with van der Waals surface area (Å²) in [4.78, 5) is 14.2. The Morgan fingerprint density at radius 1 is 1.35 bits per heavy atom. The van der Waals surface area contributed by atoms with E-state index in [2.05, 4.69) is 10.2 Å². The van der Waals surface area contributed by atoms with Gasteiger partial charge in [-0.25, -0.2) is 0 Å². The van der Waals surface area contributed by atoms with E-state index in [1.54, 1.807) is 18.2 Å². The minimum atomic E-state index is -0.950. The topological polar surface area (TPSA) is 58.4 Å². The number of nitrogens with one attached hydrogen (secondary N) is 1. The molecule has 1 heterocycles. The number of carbonyl (C=O) groups is 1. The molecule has 1 unspecified atom stereocenters. The van der Waals surface area contributed by atoms with Gasteiger partial charge in [0.1, 0.15) is 5.54 Å². The summed E-state index contributed by atoms with van der Waals surface area (Å²) < 4.78 is 0. The van der Waals surface area contributed by atoms with Crippen molar-refractivity contribution in [2.24, 2.45) is 5.73 Å². The van der Waals surface area contributed by atoms with Gasteiger partial charge in [0.15, 0.2) is 0 Å². The van der Waals surface area contributed by atoms with Crippen LogP contribution in [-0.4, -0.2) is 37.0 Å². The molecule has 1 aromatic carbocycles. The van der Waals surface area contributed by atoms with Crippen LogP contribution in [0.2, 0.25) is 10.0 Å². The molecule has 3 N–H and O–H groups in total. The van der Waals surface area contributed by atoms with Crippen LogP contribution >= 0.6 is 23.2 Å². The number of nitrogens with two attached hydrogens (primary N) is 1. The Hall–Kier alpha value is -0.810. The van der Waals surface area contributed by atoms with E-state index in [1.165, 1.54) is 0 Å². The van der Waals surface area contributed by atoms with E-state index in [9.17, 15) is 4.79 Å². The van der Waals surface area contributed by atoms with Gasteiger partial charge in [0.25, 0.3) is 0 Å². The highest BCUT2D eigenvalue weighted by atomic mass is 35.5. The summed E-state index contributed by atoms with van der Waals surface area (Å²) in [5, 5.41) is 4.37. The molecule has 6 heteroatoms. The molecule has 1 aliphatic rings. The van der Waals surface area contributed by atoms with E-state index in [-0.39, 0.29) is 0 Å². The van der Waals surface area contributed by atoms with Crippen molar-refractivity contribution in [1.82, 2.24) is 10.2 Å². The molecular weight excluding hydrogens is 297 g/mol. The van der Waals surface area contributed by atoms with E-state index in [0.29, 0.717) is 15.6 Å². The number of amides is 1. The Labute approximate surface area is 129 Å². The fraction of sp³-hybridized carbons (Fsp3) is 0.500. The molecular formula is C14H19Cl2N3O. The number of primary amides is 1. The largest absolute Gasteiger partial charge is 0.368 e. The average Bonchev–Trinajstić information content (AvgIpc) is 2.69. The van der Waals surface area contributed by atoms with Crippen LogP contribution in [0.15, 0.2) is 18.2 Å². The van der Waals surface area contributed by atoms with E-state index in [4.69, 9.17) is 28.9 Å². The van der Waals surface area contributed by atoms with Gasteiger partial charge in [-0.05, 0) is 38.1 Å². The summed E-state index contributed by atoms with van der Waals surface area (Å²) in [5.74, 6) is -0.413. The van der Waals surface area contributed by atoms with Crippen molar-refractivity contribution in [2.45, 2.75) is 18.9 Å². The van der Waals surface area contributed by atoms with Crippen molar-refractivity contribution in [2.75, 3.05) is 26.2 Å². The molecule has 1 fully saturated rings. The molecule has 0 bridgehead atoms. The molecule has 0 radical (unpaired) electrons. The lowest BCUT2D eigenvalue weighted by Crippen LogP contribution is -2.54. The highest BCUT2D eigenvalue weighted by Gasteiger charge is 2.41. The third-order valence-electron chi connectivity index (χ3n) is 3.91. The van der Waals surface area contributed by atoms with Crippen LogP contribution in [0.1, 0.15) is 18.9 Å². The van der Waals surface area contributed by atoms with Crippen molar-refractivity contribution >= 4 is 29.1 Å². The fourth-order valence-corrected chi connectivity index (χ4v) is 3.10. The third-order valence-corrected chi connectivity index (χ3v) is 4.47. The smallest absolute Gasteiger partial charge is 0.242 e. The highest BCUT2D eigenvalue weighted by molar-refractivity contribution is 6.34. The minimum Gasteiger partial charge on any atom is -0.368 e. The zero-order valence-electron chi connectivity index (χ0n) is 11.5. The normalized spacial score (nSPS) is 20.1. The van der Waals surface area contributed by atoms with Crippen LogP contribution < -0.4 is 11.1 Å². The van der Waals surface area contributed by atoms with E-state index in [0.717, 1.165) is 32.6 Å². The number of nitrogens with zero attached hydrogens (tertiary/aromatic N) is 1. The van der Waals surface area contributed by atoms with Crippen LogP contribution in [0.4, 0.5) is 0 Å². The molecule has 1 aromatic rings. The van der Waals surface area contributed by atoms with Crippen LogP contribution in [0.3, 0.4) is 0 Å². The maximum absolute atomic E-state index is 12.2. The lowest BCUT2D eigenvalue weighted by Gasteiger charge is -2.39. The SMILES string of the molecule is CC(C(N)=O)(c1cc(Cl)ccc1Cl)N1CCCNCC1. The Morgan fingerprint density at radius 2 is 2.10 bits per heavy atom. The van der Waals surface area contributed by atoms with Gasteiger partial charge >= 0.3 is 0 Å². The number of halogens is 2. The summed E-state index contributed by atoms with van der Waals surface area (Å²) in [6, 6.07) is 5.14. The van der Waals surface area contributed by atoms with Gasteiger partial charge in [0, 0.05) is 35.2 Å². The maximum Gasteiger partial charge on any atom is 0.242 e. The van der Waals surface area contributed by atoms with Crippen molar-refractivity contribution in [1.29, 1.82) is 0 Å². The lowest BCUT2D eigenvalue weighted by atomic mass is 9.88. The average molecular weight is 316 g/mol. The van der Waals surface area contributed by atoms with Gasteiger partial charge < -0.3 is 11.1 Å². The molecule has 1 saturated heterocycles. The third kappa shape index (κ3) is 2.93. The molecule has 2 rings (SSSR count). The van der Waals surface area contributed by atoms with E-state index in [1.807, 2.05) is 6.92 Å². The van der Waals surface area contributed by atoms with Crippen molar-refractivity contribution in [3.63, 3.8) is 0 Å². The van der Waals surface area contributed by atoms with Gasteiger partial charge in [-0.3, -0.25) is 9.69 Å². The summed E-state index contributed by atoms with van der Waals surface area (Å²) in [7, 11) is 0. The Bertz CT molecular complexity index is 501. The van der Waals surface area contributed by atoms with Crippen LogP contribution in [-0.2, 0) is 10.3 Å². The number of rotatable bonds is 3. The second-order valence-electron chi connectivity index (χ2n) is 5.15. The van der Waals surface area contributed by atoms with Crippen LogP contribution in [0.5, 0.6) is 0 Å². The molecule has 0 aliphatic carbocycles. The first-order valence-electron chi connectivity index (χ1n) is 6.67. The van der Waals surface area contributed by atoms with E-state index >= 15 is 0 Å². The molecule has 1 amide bonds. The zero-order chi connectivity index (χ0) is 14.8. The first-order chi connectivity index (χ1) is 9.46. The fourth-order valence-electron chi connectivity index (χ4n) is 2.62. The van der Waals surface area contributed by atoms with E-state index < -0.39 is 11.4 Å². The number of carbonyl (C=O) groups excluding carboxylic acids is 1. The zero-order valence-corrected chi connectivity index (χ0v) is 13.0. The Balaban J connectivity index is 2.47. The highest BCUT2D eigenvalue weighted by Crippen LogP contribution is 2.35. The second kappa shape index (κ2) is 6.31. The number of hydrogen-bond acceptors (Lipinski definition) is 3. The molecule has 0 spiro atoms. The molecule has 1 aliphatic heterocycles. The van der Waals surface area contributed by atoms with Gasteiger partial charge in [-0.1, -0.05) is 23.2 Å². The molecule has 1 atom stereocenters. The first-order valence-corrected chi connectivity index (χ1v) is 7.43. The van der Waals surface area contributed by atoms with Gasteiger partial charge in [-0.2, -0.15) is 0 Å². The molecule has 20 heavy (non-hydrogen) atoms. The molecule has 110 valence electrons. The second-order valence-corrected chi connectivity index (χ2v) is 5.99. The van der Waals surface area contributed by atoms with Crippen molar-refractivity contribution in [3.8, 4) is 0 Å². The number of hydrogen-bond donors (Lipinski definition) is 2. The standard InChI is InChI=1S/C14H19Cl2N3O/c1-14(13(17)20,19-7-2-5-18-6-8-19)11-9-10(15)3-4-12(11)16/h3-4,9,18H,2,5-8H2,1H3,(H2,17,20). The Morgan fingerprint density at radius 3 is 2.80 bits per heavy atom. The maximum atomic E-state index is 12.2. The Kier molecular flexibility index (Phi) is 4.91. The number of benzene rings is 1. The first kappa shape index (κ1) is 15.6. The van der Waals surface area contributed by atoms with Gasteiger partial charge in [-0.15, -0.1) is 0 Å². The van der Waals surface area contributed by atoms with Crippen LogP contribution in [0, 0.1) is 0 Å². The van der Waals surface area contributed by atoms with Crippen molar-refractivity contribution in [3.05, 3.63) is 33.8 Å². The molecule has 0 saturated carbocycles.